The van der Waals surface area contributed by atoms with Crippen molar-refractivity contribution in [3.63, 3.8) is 0 Å². The Kier molecular flexibility index (Phi) is 5.30. The van der Waals surface area contributed by atoms with Gasteiger partial charge in [-0.3, -0.25) is 0 Å². The molecule has 1 aromatic rings. The number of alkyl halides is 3. The zero-order valence-corrected chi connectivity index (χ0v) is 9.96. The summed E-state index contributed by atoms with van der Waals surface area (Å²) in [6, 6.07) is 8.52. The summed E-state index contributed by atoms with van der Waals surface area (Å²) in [6.07, 6.45) is -7.17. The van der Waals surface area contributed by atoms with E-state index in [9.17, 15) is 13.2 Å². The third-order valence-corrected chi connectivity index (χ3v) is 3.09. The van der Waals surface area contributed by atoms with Crippen molar-refractivity contribution in [2.24, 2.45) is 0 Å². The monoisotopic (exact) mass is 266 g/mol. The van der Waals surface area contributed by atoms with Crippen LogP contribution < -0.4 is 0 Å². The number of hydrogen-bond donors (Lipinski definition) is 1. The fourth-order valence-electron chi connectivity index (χ4n) is 1.14. The maximum atomic E-state index is 12.4. The molecule has 0 saturated heterocycles. The fraction of sp³-hybridized carbons (Fsp3) is 0.455. The first-order valence-corrected chi connectivity index (χ1v) is 5.91. The number of ether oxygens (including phenoxy) is 1. The van der Waals surface area contributed by atoms with Gasteiger partial charge in [0.05, 0.1) is 0 Å². The molecule has 1 N–H and O–H groups in total. The molecular weight excluding hydrogens is 253 g/mol. The van der Waals surface area contributed by atoms with Crippen LogP contribution in [0.2, 0.25) is 0 Å². The van der Waals surface area contributed by atoms with Crippen molar-refractivity contribution in [2.45, 2.75) is 29.5 Å². The molecule has 0 bridgehead atoms. The van der Waals surface area contributed by atoms with Gasteiger partial charge in [-0.15, -0.1) is 0 Å². The molecule has 1 rings (SSSR count). The SMILES string of the molecule is CCOC(Sc1ccccc1)C(O)C(F)(F)F. The minimum Gasteiger partial charge on any atom is -0.381 e. The molecule has 0 radical (unpaired) electrons. The molecule has 1 aromatic carbocycles. The van der Waals surface area contributed by atoms with E-state index in [4.69, 9.17) is 9.84 Å². The lowest BCUT2D eigenvalue weighted by atomic mass is 10.4. The Morgan fingerprint density at radius 3 is 2.35 bits per heavy atom. The molecule has 0 aliphatic heterocycles. The van der Waals surface area contributed by atoms with E-state index in [2.05, 4.69) is 0 Å². The van der Waals surface area contributed by atoms with Gasteiger partial charge in [0.25, 0.3) is 0 Å². The van der Waals surface area contributed by atoms with Gasteiger partial charge in [-0.2, -0.15) is 13.2 Å². The lowest BCUT2D eigenvalue weighted by Crippen LogP contribution is -2.39. The quantitative estimate of drug-likeness (QED) is 0.656. The van der Waals surface area contributed by atoms with Crippen LogP contribution in [0, 0.1) is 0 Å². The van der Waals surface area contributed by atoms with Crippen LogP contribution in [0.25, 0.3) is 0 Å². The molecule has 0 heterocycles. The molecule has 96 valence electrons. The van der Waals surface area contributed by atoms with E-state index in [1.54, 1.807) is 37.3 Å². The molecule has 0 aliphatic rings. The molecule has 0 aromatic heterocycles. The summed E-state index contributed by atoms with van der Waals surface area (Å²) in [6.45, 7) is 1.69. The van der Waals surface area contributed by atoms with E-state index < -0.39 is 17.7 Å². The smallest absolute Gasteiger partial charge is 0.381 e. The second-order valence-corrected chi connectivity index (χ2v) is 4.41. The van der Waals surface area contributed by atoms with Gasteiger partial charge in [0, 0.05) is 11.5 Å². The van der Waals surface area contributed by atoms with Crippen molar-refractivity contribution in [1.82, 2.24) is 0 Å². The van der Waals surface area contributed by atoms with E-state index in [0.29, 0.717) is 4.90 Å². The van der Waals surface area contributed by atoms with Gasteiger partial charge < -0.3 is 9.84 Å². The highest BCUT2D eigenvalue weighted by molar-refractivity contribution is 7.99. The zero-order valence-electron chi connectivity index (χ0n) is 9.15. The lowest BCUT2D eigenvalue weighted by molar-refractivity contribution is -0.222. The maximum Gasteiger partial charge on any atom is 0.417 e. The number of halogens is 3. The average Bonchev–Trinajstić information content (AvgIpc) is 2.28. The van der Waals surface area contributed by atoms with E-state index in [1.165, 1.54) is 0 Å². The molecule has 6 heteroatoms. The van der Waals surface area contributed by atoms with E-state index in [0.717, 1.165) is 11.8 Å². The van der Waals surface area contributed by atoms with E-state index >= 15 is 0 Å². The minimum atomic E-state index is -4.68. The summed E-state index contributed by atoms with van der Waals surface area (Å²) in [5.41, 5.74) is -1.34. The summed E-state index contributed by atoms with van der Waals surface area (Å²) in [5.74, 6) is 0. The van der Waals surface area contributed by atoms with Crippen molar-refractivity contribution in [2.75, 3.05) is 6.61 Å². The zero-order chi connectivity index (χ0) is 12.9. The Morgan fingerprint density at radius 1 is 1.29 bits per heavy atom. The summed E-state index contributed by atoms with van der Waals surface area (Å²) in [7, 11) is 0. The molecule has 0 saturated carbocycles. The van der Waals surface area contributed by atoms with Crippen LogP contribution in [0.15, 0.2) is 35.2 Å². The average molecular weight is 266 g/mol. The van der Waals surface area contributed by atoms with Gasteiger partial charge in [-0.25, -0.2) is 0 Å². The highest BCUT2D eigenvalue weighted by Gasteiger charge is 2.44. The van der Waals surface area contributed by atoms with E-state index in [1.807, 2.05) is 0 Å². The van der Waals surface area contributed by atoms with Gasteiger partial charge in [0.2, 0.25) is 0 Å². The molecule has 0 amide bonds. The van der Waals surface area contributed by atoms with Gasteiger partial charge >= 0.3 is 6.18 Å². The molecule has 2 atom stereocenters. The Morgan fingerprint density at radius 2 is 1.88 bits per heavy atom. The van der Waals surface area contributed by atoms with Crippen LogP contribution in [-0.4, -0.2) is 29.4 Å². The summed E-state index contributed by atoms with van der Waals surface area (Å²) in [4.78, 5) is 0.620. The van der Waals surface area contributed by atoms with Crippen molar-refractivity contribution >= 4 is 11.8 Å². The van der Waals surface area contributed by atoms with Crippen LogP contribution in [0.5, 0.6) is 0 Å². The van der Waals surface area contributed by atoms with Gasteiger partial charge in [0.15, 0.2) is 6.10 Å². The van der Waals surface area contributed by atoms with Crippen LogP contribution in [0.4, 0.5) is 13.2 Å². The van der Waals surface area contributed by atoms with Crippen LogP contribution >= 0.6 is 11.8 Å². The Balaban J connectivity index is 2.73. The molecule has 2 unspecified atom stereocenters. The van der Waals surface area contributed by atoms with Crippen molar-refractivity contribution in [3.8, 4) is 0 Å². The number of aliphatic hydroxyl groups is 1. The molecule has 17 heavy (non-hydrogen) atoms. The first-order chi connectivity index (χ1) is 7.95. The molecule has 2 nitrogen and oxygen atoms in total. The van der Waals surface area contributed by atoms with Crippen molar-refractivity contribution in [3.05, 3.63) is 30.3 Å². The standard InChI is InChI=1S/C11H13F3O2S/c1-2-16-10(9(15)11(12,13)14)17-8-6-4-3-5-7-8/h3-7,9-10,15H,2H2,1H3. The number of rotatable bonds is 5. The minimum absolute atomic E-state index is 0.109. The first-order valence-electron chi connectivity index (χ1n) is 5.03. The predicted octanol–water partition coefficient (Wildman–Crippen LogP) is 3.06. The van der Waals surface area contributed by atoms with Gasteiger partial charge in [-0.1, -0.05) is 30.0 Å². The maximum absolute atomic E-state index is 12.4. The molecule has 0 spiro atoms. The number of benzene rings is 1. The van der Waals surface area contributed by atoms with Crippen molar-refractivity contribution < 1.29 is 23.0 Å². The first kappa shape index (κ1) is 14.3. The summed E-state index contributed by atoms with van der Waals surface area (Å²) in [5, 5.41) is 9.17. The topological polar surface area (TPSA) is 29.5 Å². The Hall–Kier alpha value is -0.720. The largest absolute Gasteiger partial charge is 0.417 e. The second kappa shape index (κ2) is 6.28. The summed E-state index contributed by atoms with van der Waals surface area (Å²) >= 11 is 0.856. The highest BCUT2D eigenvalue weighted by Crippen LogP contribution is 2.33. The van der Waals surface area contributed by atoms with E-state index in [-0.39, 0.29) is 6.61 Å². The molecule has 0 aliphatic carbocycles. The lowest BCUT2D eigenvalue weighted by Gasteiger charge is -2.24. The van der Waals surface area contributed by atoms with Crippen LogP contribution in [0.1, 0.15) is 6.92 Å². The molecular formula is C11H13F3O2S. The summed E-state index contributed by atoms with van der Waals surface area (Å²) < 4.78 is 42.1. The highest BCUT2D eigenvalue weighted by atomic mass is 32.2. The number of aliphatic hydroxyl groups excluding tert-OH is 1. The van der Waals surface area contributed by atoms with Crippen LogP contribution in [-0.2, 0) is 4.74 Å². The number of hydrogen-bond acceptors (Lipinski definition) is 3. The normalized spacial score (nSPS) is 15.6. The van der Waals surface area contributed by atoms with Crippen LogP contribution in [0.3, 0.4) is 0 Å². The predicted molar refractivity (Wildman–Crippen MR) is 59.8 cm³/mol. The second-order valence-electron chi connectivity index (χ2n) is 3.24. The van der Waals surface area contributed by atoms with Gasteiger partial charge in [0.1, 0.15) is 5.44 Å². The van der Waals surface area contributed by atoms with Gasteiger partial charge in [-0.05, 0) is 19.1 Å². The number of thioether (sulfide) groups is 1. The third kappa shape index (κ3) is 4.57. The Bertz CT molecular complexity index is 329. The van der Waals surface area contributed by atoms with Crippen molar-refractivity contribution in [1.29, 1.82) is 0 Å². The third-order valence-electron chi connectivity index (χ3n) is 1.92. The fourth-order valence-corrected chi connectivity index (χ4v) is 2.21. The Labute approximate surface area is 102 Å². The molecule has 0 fully saturated rings.